The second-order valence-electron chi connectivity index (χ2n) is 26.7. The number of benzene rings is 13. The van der Waals surface area contributed by atoms with Crippen molar-refractivity contribution in [1.82, 2.24) is 69.8 Å². The first-order valence-corrected chi connectivity index (χ1v) is 36.2. The highest BCUT2D eigenvalue weighted by molar-refractivity contribution is 6.25. The molecule has 22 rings (SSSR count). The summed E-state index contributed by atoms with van der Waals surface area (Å²) in [6.45, 7) is 0. The molecule has 9 aromatic heterocycles. The molecule has 0 saturated heterocycles. The van der Waals surface area contributed by atoms with Crippen LogP contribution >= 0.6 is 0 Å². The SMILES string of the molecule is c1ccc(-c2nc(-c3ccccc3)nc(-c3cnc(-c4nc5ccccc5c5c4ccc4ccccc45)cn3)n2)cc1.c1ccc2c(-c3cnc(-c4nc5ccccc5c5c4ccc4ccccc45)nc3)nccc2c1.c1ccc2c(c1)ccc1c(-c3ncc(-c4cccc5ncccc45)cn3)nc3ccccc3c12. The highest BCUT2D eigenvalue weighted by Gasteiger charge is 2.21. The molecule has 512 valence electrons. The van der Waals surface area contributed by atoms with Crippen LogP contribution in [-0.2, 0) is 0 Å². The Balaban J connectivity index is 0.000000109. The number of fused-ring (bicyclic) bond motifs is 17. The van der Waals surface area contributed by atoms with Gasteiger partial charge in [0.05, 0.1) is 45.8 Å². The lowest BCUT2D eigenvalue weighted by molar-refractivity contribution is 1.05. The molecule has 0 radical (unpaired) electrons. The summed E-state index contributed by atoms with van der Waals surface area (Å²) in [7, 11) is 0. The zero-order valence-electron chi connectivity index (χ0n) is 58.7. The lowest BCUT2D eigenvalue weighted by Crippen LogP contribution is -2.02. The van der Waals surface area contributed by atoms with E-state index in [0.29, 0.717) is 40.5 Å². The van der Waals surface area contributed by atoms with E-state index < -0.39 is 0 Å². The molecule has 14 heteroatoms. The molecule has 22 aromatic rings. The molecule has 0 unspecified atom stereocenters. The van der Waals surface area contributed by atoms with Gasteiger partial charge in [0.1, 0.15) is 22.8 Å². The van der Waals surface area contributed by atoms with E-state index in [-0.39, 0.29) is 0 Å². The number of aromatic nitrogens is 14. The molecule has 0 bridgehead atoms. The Labute approximate surface area is 629 Å². The summed E-state index contributed by atoms with van der Waals surface area (Å²) < 4.78 is 0. The second-order valence-corrected chi connectivity index (χ2v) is 26.7. The number of hydrogen-bond acceptors (Lipinski definition) is 14. The van der Waals surface area contributed by atoms with E-state index >= 15 is 0 Å². The van der Waals surface area contributed by atoms with E-state index in [1.807, 2.05) is 159 Å². The van der Waals surface area contributed by atoms with Crippen LogP contribution in [0.2, 0.25) is 0 Å². The van der Waals surface area contributed by atoms with Gasteiger partial charge in [0.2, 0.25) is 0 Å². The number of para-hydroxylation sites is 3. The summed E-state index contributed by atoms with van der Waals surface area (Å²) >= 11 is 0. The van der Waals surface area contributed by atoms with Crippen molar-refractivity contribution in [3.63, 3.8) is 0 Å². The molecule has 0 aliphatic heterocycles. The maximum absolute atomic E-state index is 5.05. The zero-order valence-corrected chi connectivity index (χ0v) is 58.7. The molecular weight excluding hydrogens is 1350 g/mol. The largest absolute Gasteiger partial charge is 0.256 e. The maximum Gasteiger partial charge on any atom is 0.184 e. The number of hydrogen-bond donors (Lipinski definition) is 0. The maximum atomic E-state index is 5.05. The number of nitrogens with zero attached hydrogens (tertiary/aromatic N) is 14. The van der Waals surface area contributed by atoms with Crippen LogP contribution < -0.4 is 0 Å². The lowest BCUT2D eigenvalue weighted by atomic mass is 9.97. The third kappa shape index (κ3) is 11.7. The highest BCUT2D eigenvalue weighted by Crippen LogP contribution is 2.41. The normalized spacial score (nSPS) is 11.5. The van der Waals surface area contributed by atoms with Crippen LogP contribution in [0.15, 0.2) is 353 Å². The van der Waals surface area contributed by atoms with Crippen LogP contribution in [-0.4, -0.2) is 69.8 Å². The Morgan fingerprint density at radius 3 is 1.05 bits per heavy atom. The third-order valence-corrected chi connectivity index (χ3v) is 20.2. The minimum atomic E-state index is 0.462. The van der Waals surface area contributed by atoms with Gasteiger partial charge in [0.15, 0.2) is 29.1 Å². The van der Waals surface area contributed by atoms with E-state index in [4.69, 9.17) is 59.8 Å². The van der Waals surface area contributed by atoms with Crippen LogP contribution in [0.25, 0.3) is 210 Å². The fraction of sp³-hybridized carbons (Fsp3) is 0. The summed E-state index contributed by atoms with van der Waals surface area (Å²) in [6, 6.07) is 103. The van der Waals surface area contributed by atoms with Crippen molar-refractivity contribution in [2.75, 3.05) is 0 Å². The zero-order chi connectivity index (χ0) is 72.9. The van der Waals surface area contributed by atoms with Crippen LogP contribution in [0.1, 0.15) is 0 Å². The molecule has 0 amide bonds. The van der Waals surface area contributed by atoms with Gasteiger partial charge in [-0.15, -0.1) is 0 Å². The molecular formula is C96H58N14. The van der Waals surface area contributed by atoms with E-state index in [1.54, 1.807) is 12.4 Å². The summed E-state index contributed by atoms with van der Waals surface area (Å²) in [5.74, 6) is 2.85. The summed E-state index contributed by atoms with van der Waals surface area (Å²) in [5.41, 5.74) is 13.0. The smallest absolute Gasteiger partial charge is 0.184 e. The fourth-order valence-corrected chi connectivity index (χ4v) is 15.1. The van der Waals surface area contributed by atoms with E-state index in [1.165, 1.54) is 43.1 Å². The topological polar surface area (TPSA) is 180 Å². The van der Waals surface area contributed by atoms with Crippen molar-refractivity contribution in [1.29, 1.82) is 0 Å². The predicted molar refractivity (Wildman–Crippen MR) is 445 cm³/mol. The van der Waals surface area contributed by atoms with Crippen LogP contribution in [0.3, 0.4) is 0 Å². The highest BCUT2D eigenvalue weighted by atomic mass is 15.1. The number of pyridine rings is 5. The quantitative estimate of drug-likeness (QED) is 0.131. The average Bonchev–Trinajstić information content (AvgIpc) is 0.748. The molecule has 14 nitrogen and oxygen atoms in total. The first-order chi connectivity index (χ1) is 54.5. The molecule has 13 aromatic carbocycles. The molecule has 0 atom stereocenters. The Bertz CT molecular complexity index is 6940. The van der Waals surface area contributed by atoms with Gasteiger partial charge in [-0.05, 0) is 79.7 Å². The molecule has 9 heterocycles. The number of rotatable bonds is 8. The second kappa shape index (κ2) is 27.6. The predicted octanol–water partition coefficient (Wildman–Crippen LogP) is 22.6. The molecule has 0 aliphatic carbocycles. The first-order valence-electron chi connectivity index (χ1n) is 36.2. The third-order valence-electron chi connectivity index (χ3n) is 20.2. The summed E-state index contributed by atoms with van der Waals surface area (Å²) in [5, 5.41) is 20.6. The fourth-order valence-electron chi connectivity index (χ4n) is 15.1. The van der Waals surface area contributed by atoms with Gasteiger partial charge in [-0.1, -0.05) is 267 Å². The van der Waals surface area contributed by atoms with Gasteiger partial charge in [-0.25, -0.2) is 54.8 Å². The molecule has 0 fully saturated rings. The van der Waals surface area contributed by atoms with Crippen molar-refractivity contribution in [2.24, 2.45) is 0 Å². The van der Waals surface area contributed by atoms with Crippen LogP contribution in [0.5, 0.6) is 0 Å². The van der Waals surface area contributed by atoms with E-state index in [9.17, 15) is 0 Å². The summed E-state index contributed by atoms with van der Waals surface area (Å²) in [4.78, 5) is 67.2. The van der Waals surface area contributed by atoms with E-state index in [2.05, 4.69) is 192 Å². The van der Waals surface area contributed by atoms with E-state index in [0.717, 1.165) is 127 Å². The summed E-state index contributed by atoms with van der Waals surface area (Å²) in [6.07, 6.45) is 14.6. The lowest BCUT2D eigenvalue weighted by Gasteiger charge is -2.12. The Morgan fingerprint density at radius 1 is 0.164 bits per heavy atom. The Morgan fingerprint density at radius 2 is 0.555 bits per heavy atom. The van der Waals surface area contributed by atoms with Crippen molar-refractivity contribution in [2.45, 2.75) is 0 Å². The Kier molecular flexibility index (Phi) is 16.2. The van der Waals surface area contributed by atoms with Crippen LogP contribution in [0, 0.1) is 0 Å². The van der Waals surface area contributed by atoms with Crippen molar-refractivity contribution in [3.8, 4) is 91.1 Å². The van der Waals surface area contributed by atoms with Crippen molar-refractivity contribution in [3.05, 3.63) is 353 Å². The van der Waals surface area contributed by atoms with Gasteiger partial charge in [-0.3, -0.25) is 15.0 Å². The Hall–Kier alpha value is -15.3. The monoisotopic (exact) mass is 1410 g/mol. The average molecular weight is 1410 g/mol. The van der Waals surface area contributed by atoms with Gasteiger partial charge < -0.3 is 0 Å². The van der Waals surface area contributed by atoms with Crippen molar-refractivity contribution >= 4 is 119 Å². The van der Waals surface area contributed by atoms with Crippen LogP contribution in [0.4, 0.5) is 0 Å². The minimum Gasteiger partial charge on any atom is -0.256 e. The molecule has 0 spiro atoms. The molecule has 0 aliphatic rings. The standard InChI is InChI=1S/C36H22N6.2C30H18N4/c1-3-12-24(13-4-1)34-40-35(25-14-5-2-6-15-25)42-36(41-34)31-22-37-30(21-38-31)33-28-20-19-23-11-7-8-16-26(23)32(28)27-17-9-10-18-29(27)39-33;1-3-9-22-19(7-1)13-14-25-27(22)24-11-5-6-12-26(24)34-29(25)30-32-17-21(18-33-30)28-23-10-4-2-8-20(23)15-16-31-28;1-2-8-22-19(7-1)14-15-25-28(22)24-9-3-4-12-27(24)34-29(25)30-32-17-20(18-33-30)21-10-5-13-26-23(21)11-6-16-31-26/h1-22H;2*1-18H. The van der Waals surface area contributed by atoms with Crippen molar-refractivity contribution < 1.29 is 0 Å². The van der Waals surface area contributed by atoms with Gasteiger partial charge >= 0.3 is 0 Å². The molecule has 0 N–H and O–H groups in total. The molecule has 110 heavy (non-hydrogen) atoms. The minimum absolute atomic E-state index is 0.462. The van der Waals surface area contributed by atoms with Gasteiger partial charge in [-0.2, -0.15) is 0 Å². The van der Waals surface area contributed by atoms with Gasteiger partial charge in [0, 0.05) is 119 Å². The van der Waals surface area contributed by atoms with Gasteiger partial charge in [0.25, 0.3) is 0 Å². The molecule has 0 saturated carbocycles. The first kappa shape index (κ1) is 64.3.